The van der Waals surface area contributed by atoms with Crippen LogP contribution in [0.25, 0.3) is 22.5 Å². The number of halogens is 2. The number of rotatable bonds is 7. The highest BCUT2D eigenvalue weighted by Crippen LogP contribution is 2.37. The summed E-state index contributed by atoms with van der Waals surface area (Å²) in [6, 6.07) is 9.17. The molecule has 1 N–H and O–H groups in total. The molecule has 1 aliphatic carbocycles. The van der Waals surface area contributed by atoms with E-state index < -0.39 is 5.60 Å². The highest BCUT2D eigenvalue weighted by Gasteiger charge is 2.38. The summed E-state index contributed by atoms with van der Waals surface area (Å²) >= 11 is 12.9. The second kappa shape index (κ2) is 10.1. The lowest BCUT2D eigenvalue weighted by atomic mass is 9.82. The van der Waals surface area contributed by atoms with Crippen molar-refractivity contribution in [2.45, 2.75) is 65.3 Å². The zero-order valence-corrected chi connectivity index (χ0v) is 21.9. The SMILES string of the molecule is CC(C)Oc1ncc(-c2cc(-c3ccc(OC4CC(C(=O)OC(C)(C)C)C4)cc3Cl)[nH]n2)cc1Cl. The number of esters is 1. The third kappa shape index (κ3) is 6.27. The molecule has 3 aromatic rings. The van der Waals surface area contributed by atoms with E-state index in [1.54, 1.807) is 18.3 Å². The van der Waals surface area contributed by atoms with E-state index in [0.29, 0.717) is 40.2 Å². The molecule has 186 valence electrons. The Bertz CT molecular complexity index is 1210. The summed E-state index contributed by atoms with van der Waals surface area (Å²) in [5.41, 5.74) is 2.51. The molecule has 0 saturated heterocycles. The molecule has 9 heteroatoms. The molecule has 7 nitrogen and oxygen atoms in total. The van der Waals surface area contributed by atoms with Crippen LogP contribution in [0.4, 0.5) is 0 Å². The summed E-state index contributed by atoms with van der Waals surface area (Å²) in [6.45, 7) is 9.44. The monoisotopic (exact) mass is 517 g/mol. The lowest BCUT2D eigenvalue weighted by Crippen LogP contribution is -2.41. The first-order valence-corrected chi connectivity index (χ1v) is 12.3. The molecule has 1 saturated carbocycles. The Labute approximate surface area is 215 Å². The van der Waals surface area contributed by atoms with Crippen molar-refractivity contribution in [3.8, 4) is 34.1 Å². The van der Waals surface area contributed by atoms with Gasteiger partial charge >= 0.3 is 5.97 Å². The molecule has 0 atom stereocenters. The normalized spacial score (nSPS) is 17.7. The number of aromatic amines is 1. The van der Waals surface area contributed by atoms with Crippen LogP contribution in [-0.2, 0) is 9.53 Å². The molecule has 35 heavy (non-hydrogen) atoms. The minimum atomic E-state index is -0.479. The van der Waals surface area contributed by atoms with Crippen LogP contribution >= 0.6 is 23.2 Å². The van der Waals surface area contributed by atoms with Gasteiger partial charge in [-0.1, -0.05) is 23.2 Å². The summed E-state index contributed by atoms with van der Waals surface area (Å²) in [4.78, 5) is 16.5. The molecular formula is C26H29Cl2N3O4. The van der Waals surface area contributed by atoms with Crippen LogP contribution in [0, 0.1) is 5.92 Å². The first kappa shape index (κ1) is 25.3. The smallest absolute Gasteiger partial charge is 0.309 e. The van der Waals surface area contributed by atoms with Crippen molar-refractivity contribution in [3.63, 3.8) is 0 Å². The number of pyridine rings is 1. The molecule has 1 aromatic carbocycles. The van der Waals surface area contributed by atoms with E-state index in [0.717, 1.165) is 16.8 Å². The molecule has 0 spiro atoms. The molecule has 0 aliphatic heterocycles. The number of nitrogens with one attached hydrogen (secondary N) is 1. The zero-order chi connectivity index (χ0) is 25.3. The maximum absolute atomic E-state index is 12.2. The van der Waals surface area contributed by atoms with Crippen LogP contribution in [0.3, 0.4) is 0 Å². The van der Waals surface area contributed by atoms with Gasteiger partial charge in [0.05, 0.1) is 28.4 Å². The van der Waals surface area contributed by atoms with Gasteiger partial charge in [-0.15, -0.1) is 0 Å². The highest BCUT2D eigenvalue weighted by atomic mass is 35.5. The third-order valence-electron chi connectivity index (χ3n) is 5.40. The number of aromatic nitrogens is 3. The second-order valence-electron chi connectivity index (χ2n) is 9.93. The fraction of sp³-hybridized carbons (Fsp3) is 0.423. The number of hydrogen-bond acceptors (Lipinski definition) is 6. The minimum Gasteiger partial charge on any atom is -0.490 e. The van der Waals surface area contributed by atoms with E-state index in [4.69, 9.17) is 37.4 Å². The van der Waals surface area contributed by atoms with Crippen LogP contribution in [-0.4, -0.2) is 39.0 Å². The molecule has 4 rings (SSSR count). The first-order chi connectivity index (χ1) is 16.5. The number of H-pyrrole nitrogens is 1. The molecule has 2 heterocycles. The standard InChI is InChI=1S/C26H29Cl2N3O4/c1-14(2)33-24-21(28)10-16(13-29-24)22-12-23(31-30-22)19-7-6-17(11-20(19)27)34-18-8-15(9-18)25(32)35-26(3,4)5/h6-7,10-15,18H,8-9H2,1-5H3,(H,30,31). The number of ether oxygens (including phenoxy) is 3. The lowest BCUT2D eigenvalue weighted by Gasteiger charge is -2.35. The van der Waals surface area contributed by atoms with Gasteiger partial charge in [-0.3, -0.25) is 9.89 Å². The van der Waals surface area contributed by atoms with Crippen LogP contribution < -0.4 is 9.47 Å². The number of hydrogen-bond donors (Lipinski definition) is 1. The Morgan fingerprint density at radius 2 is 1.86 bits per heavy atom. The van der Waals surface area contributed by atoms with Crippen molar-refractivity contribution in [1.29, 1.82) is 0 Å². The fourth-order valence-electron chi connectivity index (χ4n) is 3.70. The predicted molar refractivity (Wildman–Crippen MR) is 136 cm³/mol. The van der Waals surface area contributed by atoms with Gasteiger partial charge in [0.2, 0.25) is 5.88 Å². The summed E-state index contributed by atoms with van der Waals surface area (Å²) in [5, 5.41) is 8.35. The van der Waals surface area contributed by atoms with E-state index in [2.05, 4.69) is 15.2 Å². The highest BCUT2D eigenvalue weighted by molar-refractivity contribution is 6.33. The fourth-order valence-corrected chi connectivity index (χ4v) is 4.19. The Balaban J connectivity index is 1.39. The number of benzene rings is 1. The second-order valence-corrected chi connectivity index (χ2v) is 10.7. The Hall–Kier alpha value is -2.77. The van der Waals surface area contributed by atoms with Crippen molar-refractivity contribution in [2.75, 3.05) is 0 Å². The Morgan fingerprint density at radius 1 is 1.11 bits per heavy atom. The van der Waals surface area contributed by atoms with Crippen molar-refractivity contribution in [3.05, 3.63) is 46.6 Å². The van der Waals surface area contributed by atoms with Crippen LogP contribution in [0.1, 0.15) is 47.5 Å². The van der Waals surface area contributed by atoms with Gasteiger partial charge in [0.15, 0.2) is 0 Å². The molecule has 0 bridgehead atoms. The molecule has 1 aliphatic rings. The van der Waals surface area contributed by atoms with Crippen LogP contribution in [0.2, 0.25) is 10.0 Å². The Kier molecular flexibility index (Phi) is 7.29. The van der Waals surface area contributed by atoms with Gasteiger partial charge in [0, 0.05) is 17.3 Å². The van der Waals surface area contributed by atoms with Gasteiger partial charge in [0.25, 0.3) is 0 Å². The lowest BCUT2D eigenvalue weighted by molar-refractivity contribution is -0.166. The van der Waals surface area contributed by atoms with E-state index in [1.165, 1.54) is 0 Å². The average Bonchev–Trinajstić information content (AvgIpc) is 3.20. The summed E-state index contributed by atoms with van der Waals surface area (Å²) < 4.78 is 17.0. The topological polar surface area (TPSA) is 86.3 Å². The van der Waals surface area contributed by atoms with Crippen LogP contribution in [0.15, 0.2) is 36.5 Å². The van der Waals surface area contributed by atoms with Crippen molar-refractivity contribution < 1.29 is 19.0 Å². The van der Waals surface area contributed by atoms with Gasteiger partial charge in [-0.25, -0.2) is 4.98 Å². The average molecular weight is 518 g/mol. The van der Waals surface area contributed by atoms with Gasteiger partial charge in [-0.05, 0) is 77.8 Å². The molecule has 0 amide bonds. The number of carbonyl (C=O) groups excluding carboxylic acids is 1. The third-order valence-corrected chi connectivity index (χ3v) is 5.98. The van der Waals surface area contributed by atoms with E-state index >= 15 is 0 Å². The zero-order valence-electron chi connectivity index (χ0n) is 20.4. The molecule has 0 unspecified atom stereocenters. The van der Waals surface area contributed by atoms with Crippen molar-refractivity contribution in [1.82, 2.24) is 15.2 Å². The Morgan fingerprint density at radius 3 is 2.49 bits per heavy atom. The molecular weight excluding hydrogens is 489 g/mol. The largest absolute Gasteiger partial charge is 0.490 e. The quantitative estimate of drug-likeness (QED) is 0.349. The first-order valence-electron chi connectivity index (χ1n) is 11.6. The molecule has 0 radical (unpaired) electrons. The van der Waals surface area contributed by atoms with Crippen LogP contribution in [0.5, 0.6) is 11.6 Å². The maximum atomic E-state index is 12.2. The summed E-state index contributed by atoms with van der Waals surface area (Å²) in [6.07, 6.45) is 2.89. The van der Waals surface area contributed by atoms with Gasteiger partial charge in [-0.2, -0.15) is 5.10 Å². The number of nitrogens with zero attached hydrogens (tertiary/aromatic N) is 2. The predicted octanol–water partition coefficient (Wildman–Crippen LogP) is 6.73. The van der Waals surface area contributed by atoms with E-state index in [-0.39, 0.29) is 24.1 Å². The van der Waals surface area contributed by atoms with Gasteiger partial charge < -0.3 is 14.2 Å². The van der Waals surface area contributed by atoms with Crippen molar-refractivity contribution in [2.24, 2.45) is 5.92 Å². The van der Waals surface area contributed by atoms with Crippen molar-refractivity contribution >= 4 is 29.2 Å². The van der Waals surface area contributed by atoms with Gasteiger partial charge in [0.1, 0.15) is 22.5 Å². The minimum absolute atomic E-state index is 0.0207. The van der Waals surface area contributed by atoms with E-state index in [1.807, 2.05) is 52.8 Å². The molecule has 1 fully saturated rings. The number of carbonyl (C=O) groups is 1. The summed E-state index contributed by atoms with van der Waals surface area (Å²) in [5.74, 6) is 0.761. The maximum Gasteiger partial charge on any atom is 0.309 e. The summed E-state index contributed by atoms with van der Waals surface area (Å²) in [7, 11) is 0. The molecule has 2 aromatic heterocycles. The van der Waals surface area contributed by atoms with E-state index in [9.17, 15) is 4.79 Å².